The van der Waals surface area contributed by atoms with Crippen LogP contribution in [0.1, 0.15) is 23.2 Å². The minimum Gasteiger partial charge on any atom is -0.478 e. The van der Waals surface area contributed by atoms with Crippen LogP contribution in [-0.4, -0.2) is 30.3 Å². The lowest BCUT2D eigenvalue weighted by Gasteiger charge is -2.31. The van der Waals surface area contributed by atoms with Gasteiger partial charge in [0.1, 0.15) is 6.17 Å². The number of hydrogen-bond donors (Lipinski definition) is 1. The van der Waals surface area contributed by atoms with Crippen LogP contribution in [0.4, 0.5) is 10.1 Å². The maximum atomic E-state index is 13.3. The van der Waals surface area contributed by atoms with E-state index in [9.17, 15) is 9.18 Å². The Bertz CT molecular complexity index is 394. The van der Waals surface area contributed by atoms with Gasteiger partial charge in [-0.2, -0.15) is 0 Å². The Hall–Kier alpha value is -1.58. The molecule has 1 N–H and O–H groups in total. The van der Waals surface area contributed by atoms with Gasteiger partial charge in [0.25, 0.3) is 0 Å². The minimum absolute atomic E-state index is 0.247. The van der Waals surface area contributed by atoms with Crippen molar-refractivity contribution in [1.82, 2.24) is 0 Å². The summed E-state index contributed by atoms with van der Waals surface area (Å²) in [6.07, 6.45) is 0.497. The molecule has 0 unspecified atom stereocenters. The summed E-state index contributed by atoms with van der Waals surface area (Å²) in [7, 11) is 0. The fourth-order valence-electron chi connectivity index (χ4n) is 2.07. The first-order valence-corrected chi connectivity index (χ1v) is 5.40. The first kappa shape index (κ1) is 10.9. The highest BCUT2D eigenvalue weighted by atomic mass is 19.1. The predicted octanol–water partition coefficient (Wildman–Crippen LogP) is 2.32. The topological polar surface area (TPSA) is 40.5 Å². The zero-order valence-electron chi connectivity index (χ0n) is 8.90. The third-order valence-corrected chi connectivity index (χ3v) is 2.84. The zero-order valence-corrected chi connectivity index (χ0v) is 8.90. The number of para-hydroxylation sites is 1. The molecule has 1 heterocycles. The molecule has 0 bridgehead atoms. The summed E-state index contributed by atoms with van der Waals surface area (Å²) in [5, 5.41) is 9.04. The van der Waals surface area contributed by atoms with E-state index in [2.05, 4.69) is 0 Å². The van der Waals surface area contributed by atoms with Gasteiger partial charge in [-0.05, 0) is 25.0 Å². The molecule has 1 atom stereocenters. The Kier molecular flexibility index (Phi) is 3.08. The molecule has 1 aromatic carbocycles. The lowest BCUT2D eigenvalue weighted by molar-refractivity contribution is 0.0697. The summed E-state index contributed by atoms with van der Waals surface area (Å²) >= 11 is 0. The van der Waals surface area contributed by atoms with Crippen LogP contribution < -0.4 is 4.90 Å². The van der Waals surface area contributed by atoms with E-state index in [0.29, 0.717) is 18.7 Å². The van der Waals surface area contributed by atoms with Crippen LogP contribution in [0, 0.1) is 0 Å². The monoisotopic (exact) mass is 223 g/mol. The molecule has 3 nitrogen and oxygen atoms in total. The molecule has 0 aromatic heterocycles. The maximum absolute atomic E-state index is 13.3. The van der Waals surface area contributed by atoms with Crippen molar-refractivity contribution in [2.75, 3.05) is 18.0 Å². The van der Waals surface area contributed by atoms with Crippen molar-refractivity contribution < 1.29 is 14.3 Å². The van der Waals surface area contributed by atoms with Gasteiger partial charge in [0.15, 0.2) is 0 Å². The molecular weight excluding hydrogens is 209 g/mol. The van der Waals surface area contributed by atoms with E-state index < -0.39 is 12.1 Å². The number of carboxylic acid groups (broad SMARTS) is 1. The molecule has 86 valence electrons. The Morgan fingerprint density at radius 3 is 2.88 bits per heavy atom. The number of nitrogens with zero attached hydrogens (tertiary/aromatic N) is 1. The number of alkyl halides is 1. The van der Waals surface area contributed by atoms with Crippen LogP contribution in [0.25, 0.3) is 0 Å². The molecule has 2 rings (SSSR count). The highest BCUT2D eigenvalue weighted by Crippen LogP contribution is 2.25. The quantitative estimate of drug-likeness (QED) is 0.836. The summed E-state index contributed by atoms with van der Waals surface area (Å²) in [4.78, 5) is 12.8. The molecular formula is C12H14FNO2. The van der Waals surface area contributed by atoms with Gasteiger partial charge < -0.3 is 10.0 Å². The smallest absolute Gasteiger partial charge is 0.337 e. The SMILES string of the molecule is O=C(O)c1ccccc1N1CCC[C@H](F)C1. The van der Waals surface area contributed by atoms with Gasteiger partial charge in [-0.15, -0.1) is 0 Å². The number of rotatable bonds is 2. The van der Waals surface area contributed by atoms with E-state index >= 15 is 0 Å². The van der Waals surface area contributed by atoms with E-state index in [0.717, 1.165) is 13.0 Å². The van der Waals surface area contributed by atoms with Crippen molar-refractivity contribution in [1.29, 1.82) is 0 Å². The molecule has 0 spiro atoms. The van der Waals surface area contributed by atoms with Crippen molar-refractivity contribution in [2.45, 2.75) is 19.0 Å². The fraction of sp³-hybridized carbons (Fsp3) is 0.417. The molecule has 0 amide bonds. The fourth-order valence-corrected chi connectivity index (χ4v) is 2.07. The van der Waals surface area contributed by atoms with Crippen LogP contribution >= 0.6 is 0 Å². The van der Waals surface area contributed by atoms with Gasteiger partial charge in [0.05, 0.1) is 11.3 Å². The number of carbonyl (C=O) groups is 1. The van der Waals surface area contributed by atoms with Gasteiger partial charge in [0, 0.05) is 13.1 Å². The van der Waals surface area contributed by atoms with Gasteiger partial charge >= 0.3 is 5.97 Å². The van der Waals surface area contributed by atoms with E-state index in [1.807, 2.05) is 4.90 Å². The lowest BCUT2D eigenvalue weighted by atomic mass is 10.1. The van der Waals surface area contributed by atoms with E-state index in [4.69, 9.17) is 5.11 Å². The molecule has 1 fully saturated rings. The number of aromatic carboxylic acids is 1. The Morgan fingerprint density at radius 1 is 1.44 bits per heavy atom. The molecule has 0 radical (unpaired) electrons. The number of hydrogen-bond acceptors (Lipinski definition) is 2. The lowest BCUT2D eigenvalue weighted by Crippen LogP contribution is -2.37. The zero-order chi connectivity index (χ0) is 11.5. The van der Waals surface area contributed by atoms with Crippen LogP contribution in [0.5, 0.6) is 0 Å². The normalized spacial score (nSPS) is 20.8. The number of carboxylic acids is 1. The summed E-state index contributed by atoms with van der Waals surface area (Å²) in [5.41, 5.74) is 0.869. The standard InChI is InChI=1S/C12H14FNO2/c13-9-4-3-7-14(8-9)11-6-2-1-5-10(11)12(15)16/h1-2,5-6,9H,3-4,7-8H2,(H,15,16)/t9-/m0/s1. The highest BCUT2D eigenvalue weighted by molar-refractivity contribution is 5.94. The predicted molar refractivity (Wildman–Crippen MR) is 59.7 cm³/mol. The molecule has 1 aromatic rings. The Labute approximate surface area is 93.5 Å². The number of anilines is 1. The average Bonchev–Trinajstić information content (AvgIpc) is 2.29. The van der Waals surface area contributed by atoms with Crippen LogP contribution in [0.3, 0.4) is 0 Å². The van der Waals surface area contributed by atoms with Crippen molar-refractivity contribution in [3.63, 3.8) is 0 Å². The van der Waals surface area contributed by atoms with Crippen molar-refractivity contribution in [3.8, 4) is 0 Å². The number of benzene rings is 1. The maximum Gasteiger partial charge on any atom is 0.337 e. The van der Waals surface area contributed by atoms with Gasteiger partial charge in [-0.3, -0.25) is 0 Å². The average molecular weight is 223 g/mol. The highest BCUT2D eigenvalue weighted by Gasteiger charge is 2.22. The van der Waals surface area contributed by atoms with Crippen molar-refractivity contribution in [2.24, 2.45) is 0 Å². The third kappa shape index (κ3) is 2.15. The second-order valence-corrected chi connectivity index (χ2v) is 4.01. The first-order chi connectivity index (χ1) is 7.68. The molecule has 1 saturated heterocycles. The number of piperidine rings is 1. The van der Waals surface area contributed by atoms with E-state index in [1.54, 1.807) is 24.3 Å². The second kappa shape index (κ2) is 4.51. The van der Waals surface area contributed by atoms with Crippen LogP contribution in [-0.2, 0) is 0 Å². The Morgan fingerprint density at radius 2 is 2.19 bits per heavy atom. The van der Waals surface area contributed by atoms with Gasteiger partial charge in [0.2, 0.25) is 0 Å². The molecule has 0 saturated carbocycles. The first-order valence-electron chi connectivity index (χ1n) is 5.40. The van der Waals surface area contributed by atoms with Crippen molar-refractivity contribution in [3.05, 3.63) is 29.8 Å². The third-order valence-electron chi connectivity index (χ3n) is 2.84. The van der Waals surface area contributed by atoms with Crippen LogP contribution in [0.15, 0.2) is 24.3 Å². The van der Waals surface area contributed by atoms with Gasteiger partial charge in [-0.1, -0.05) is 12.1 Å². The van der Waals surface area contributed by atoms with Crippen molar-refractivity contribution >= 4 is 11.7 Å². The molecule has 1 aliphatic rings. The van der Waals surface area contributed by atoms with Crippen LogP contribution in [0.2, 0.25) is 0 Å². The summed E-state index contributed by atoms with van der Waals surface area (Å²) in [6.45, 7) is 1.02. The Balaban J connectivity index is 2.28. The second-order valence-electron chi connectivity index (χ2n) is 4.01. The largest absolute Gasteiger partial charge is 0.478 e. The molecule has 4 heteroatoms. The molecule has 16 heavy (non-hydrogen) atoms. The van der Waals surface area contributed by atoms with E-state index in [-0.39, 0.29) is 5.56 Å². The van der Waals surface area contributed by atoms with E-state index in [1.165, 1.54) is 0 Å². The summed E-state index contributed by atoms with van der Waals surface area (Å²) < 4.78 is 13.3. The summed E-state index contributed by atoms with van der Waals surface area (Å²) in [6, 6.07) is 6.76. The number of halogens is 1. The minimum atomic E-state index is -0.961. The molecule has 0 aliphatic carbocycles. The molecule has 1 aliphatic heterocycles. The summed E-state index contributed by atoms with van der Waals surface area (Å²) in [5.74, 6) is -0.961. The van der Waals surface area contributed by atoms with Gasteiger partial charge in [-0.25, -0.2) is 9.18 Å².